The summed E-state index contributed by atoms with van der Waals surface area (Å²) >= 11 is 0. The van der Waals surface area contributed by atoms with Crippen molar-refractivity contribution < 1.29 is 9.47 Å². The van der Waals surface area contributed by atoms with Gasteiger partial charge in [0.05, 0.1) is 20.5 Å². The van der Waals surface area contributed by atoms with Gasteiger partial charge in [-0.25, -0.2) is 9.97 Å². The fourth-order valence-electron chi connectivity index (χ4n) is 2.97. The average molecular weight is 323 g/mol. The van der Waals surface area contributed by atoms with Crippen LogP contribution in [0.15, 0.2) is 48.9 Å². The van der Waals surface area contributed by atoms with Crippen molar-refractivity contribution in [2.75, 3.05) is 14.2 Å². The van der Waals surface area contributed by atoms with Gasteiger partial charge >= 0.3 is 0 Å². The van der Waals surface area contributed by atoms with Crippen molar-refractivity contribution in [2.45, 2.75) is 19.3 Å². The molecule has 0 aliphatic rings. The highest BCUT2D eigenvalue weighted by Gasteiger charge is 2.22. The number of nitrogens with one attached hydrogen (secondary N) is 1. The molecule has 1 N–H and O–H groups in total. The maximum atomic E-state index is 5.66. The molecule has 5 heteroatoms. The van der Waals surface area contributed by atoms with Crippen LogP contribution in [0, 0.1) is 6.92 Å². The first-order valence-electron chi connectivity index (χ1n) is 7.84. The number of ether oxygens (including phenoxy) is 2. The van der Waals surface area contributed by atoms with Crippen molar-refractivity contribution in [3.05, 3.63) is 71.4 Å². The summed E-state index contributed by atoms with van der Waals surface area (Å²) in [6.07, 6.45) is 4.27. The number of imidazole rings is 1. The van der Waals surface area contributed by atoms with E-state index in [2.05, 4.69) is 40.1 Å². The summed E-state index contributed by atoms with van der Waals surface area (Å²) in [5.41, 5.74) is 4.21. The van der Waals surface area contributed by atoms with Gasteiger partial charge in [-0.15, -0.1) is 0 Å². The first-order valence-corrected chi connectivity index (χ1v) is 7.84. The predicted molar refractivity (Wildman–Crippen MR) is 92.7 cm³/mol. The van der Waals surface area contributed by atoms with Crippen LogP contribution in [0.25, 0.3) is 0 Å². The lowest BCUT2D eigenvalue weighted by Gasteiger charge is -2.20. The minimum atomic E-state index is 0.0713. The SMILES string of the molecule is COc1cccc(C[C@@H](c2cnc[nH]2)c2cccc(C)c2OC)n1. The summed E-state index contributed by atoms with van der Waals surface area (Å²) in [6, 6.07) is 12.0. The standard InChI is InChI=1S/C19H21N3O2/c1-13-6-4-8-15(19(13)24-3)16(17-11-20-12-21-17)10-14-7-5-9-18(22-14)23-2/h4-9,11-12,16H,10H2,1-3H3,(H,20,21)/t16-/m1/s1. The number of methoxy groups -OCH3 is 2. The van der Waals surface area contributed by atoms with Gasteiger partial charge in [0.15, 0.2) is 0 Å². The van der Waals surface area contributed by atoms with E-state index in [0.29, 0.717) is 5.88 Å². The zero-order valence-corrected chi connectivity index (χ0v) is 14.1. The smallest absolute Gasteiger partial charge is 0.213 e. The van der Waals surface area contributed by atoms with Crippen LogP contribution < -0.4 is 9.47 Å². The van der Waals surface area contributed by atoms with Crippen molar-refractivity contribution in [1.82, 2.24) is 15.0 Å². The molecule has 0 aliphatic carbocycles. The fourth-order valence-corrected chi connectivity index (χ4v) is 2.97. The number of para-hydroxylation sites is 1. The zero-order valence-electron chi connectivity index (χ0n) is 14.1. The lowest BCUT2D eigenvalue weighted by Crippen LogP contribution is -2.09. The summed E-state index contributed by atoms with van der Waals surface area (Å²) in [4.78, 5) is 12.0. The molecule has 0 radical (unpaired) electrons. The van der Waals surface area contributed by atoms with Crippen LogP contribution in [0.2, 0.25) is 0 Å². The van der Waals surface area contributed by atoms with E-state index in [1.54, 1.807) is 20.5 Å². The van der Waals surface area contributed by atoms with Gasteiger partial charge in [-0.2, -0.15) is 0 Å². The van der Waals surface area contributed by atoms with Crippen LogP contribution in [0.4, 0.5) is 0 Å². The molecule has 1 atom stereocenters. The minimum absolute atomic E-state index is 0.0713. The van der Waals surface area contributed by atoms with Gasteiger partial charge in [-0.1, -0.05) is 24.3 Å². The van der Waals surface area contributed by atoms with Crippen LogP contribution in [-0.2, 0) is 6.42 Å². The first kappa shape index (κ1) is 16.1. The van der Waals surface area contributed by atoms with Crippen molar-refractivity contribution in [1.29, 1.82) is 0 Å². The number of rotatable bonds is 6. The first-order chi connectivity index (χ1) is 11.7. The second kappa shape index (κ2) is 7.17. The van der Waals surface area contributed by atoms with Crippen LogP contribution in [0.3, 0.4) is 0 Å². The number of aromatic nitrogens is 3. The van der Waals surface area contributed by atoms with Crippen molar-refractivity contribution in [2.24, 2.45) is 0 Å². The van der Waals surface area contributed by atoms with Gasteiger partial charge in [-0.3, -0.25) is 0 Å². The molecule has 0 amide bonds. The molecule has 0 saturated heterocycles. The third-order valence-corrected chi connectivity index (χ3v) is 4.12. The molecular weight excluding hydrogens is 302 g/mol. The molecule has 0 aliphatic heterocycles. The number of pyridine rings is 1. The number of hydrogen-bond donors (Lipinski definition) is 1. The molecule has 24 heavy (non-hydrogen) atoms. The molecule has 1 aromatic carbocycles. The molecule has 2 heterocycles. The number of benzene rings is 1. The Balaban J connectivity index is 2.03. The van der Waals surface area contributed by atoms with E-state index in [-0.39, 0.29) is 5.92 Å². The Kier molecular flexibility index (Phi) is 4.79. The van der Waals surface area contributed by atoms with Crippen LogP contribution in [-0.4, -0.2) is 29.2 Å². The van der Waals surface area contributed by atoms with Crippen LogP contribution in [0.1, 0.15) is 28.4 Å². The Hall–Kier alpha value is -2.82. The topological polar surface area (TPSA) is 60.0 Å². The number of hydrogen-bond acceptors (Lipinski definition) is 4. The predicted octanol–water partition coefficient (Wildman–Crippen LogP) is 3.50. The summed E-state index contributed by atoms with van der Waals surface area (Å²) in [7, 11) is 3.34. The highest BCUT2D eigenvalue weighted by Crippen LogP contribution is 2.35. The van der Waals surface area contributed by atoms with Crippen molar-refractivity contribution in [3.63, 3.8) is 0 Å². The Labute approximate surface area is 141 Å². The van der Waals surface area contributed by atoms with E-state index < -0.39 is 0 Å². The Morgan fingerprint density at radius 2 is 1.92 bits per heavy atom. The molecule has 5 nitrogen and oxygen atoms in total. The van der Waals surface area contributed by atoms with Gasteiger partial charge in [0, 0.05) is 41.6 Å². The lowest BCUT2D eigenvalue weighted by molar-refractivity contribution is 0.395. The highest BCUT2D eigenvalue weighted by atomic mass is 16.5. The Morgan fingerprint density at radius 3 is 2.62 bits per heavy atom. The van der Waals surface area contributed by atoms with E-state index in [4.69, 9.17) is 9.47 Å². The number of nitrogens with zero attached hydrogens (tertiary/aromatic N) is 2. The molecular formula is C19H21N3O2. The second-order valence-electron chi connectivity index (χ2n) is 5.63. The van der Waals surface area contributed by atoms with E-state index in [1.165, 1.54) is 0 Å². The lowest BCUT2D eigenvalue weighted by atomic mass is 9.89. The molecule has 0 bridgehead atoms. The summed E-state index contributed by atoms with van der Waals surface area (Å²) < 4.78 is 10.9. The monoisotopic (exact) mass is 323 g/mol. The average Bonchev–Trinajstić information content (AvgIpc) is 3.14. The van der Waals surface area contributed by atoms with Crippen LogP contribution in [0.5, 0.6) is 11.6 Å². The van der Waals surface area contributed by atoms with Gasteiger partial charge in [0.2, 0.25) is 5.88 Å². The molecule has 0 fully saturated rings. The Bertz CT molecular complexity index is 800. The van der Waals surface area contributed by atoms with Gasteiger partial charge in [-0.05, 0) is 18.6 Å². The molecule has 0 spiro atoms. The summed E-state index contributed by atoms with van der Waals surface area (Å²) in [5, 5.41) is 0. The quantitative estimate of drug-likeness (QED) is 0.754. The van der Waals surface area contributed by atoms with Gasteiger partial charge < -0.3 is 14.5 Å². The Morgan fingerprint density at radius 1 is 1.08 bits per heavy atom. The summed E-state index contributed by atoms with van der Waals surface area (Å²) in [6.45, 7) is 2.05. The third-order valence-electron chi connectivity index (χ3n) is 4.12. The zero-order chi connectivity index (χ0) is 16.9. The molecule has 0 unspecified atom stereocenters. The minimum Gasteiger partial charge on any atom is -0.496 e. The number of H-pyrrole nitrogens is 1. The molecule has 0 saturated carbocycles. The van der Waals surface area contributed by atoms with Crippen molar-refractivity contribution in [3.8, 4) is 11.6 Å². The fraction of sp³-hybridized carbons (Fsp3) is 0.263. The normalized spacial score (nSPS) is 12.0. The molecule has 3 aromatic rings. The van der Waals surface area contributed by atoms with Gasteiger partial charge in [0.1, 0.15) is 5.75 Å². The van der Waals surface area contributed by atoms with Crippen LogP contribution >= 0.6 is 0 Å². The van der Waals surface area contributed by atoms with E-state index >= 15 is 0 Å². The number of aryl methyl sites for hydroxylation is 1. The third kappa shape index (κ3) is 3.25. The molecule has 2 aromatic heterocycles. The largest absolute Gasteiger partial charge is 0.496 e. The second-order valence-corrected chi connectivity index (χ2v) is 5.63. The molecule has 3 rings (SSSR count). The van der Waals surface area contributed by atoms with Crippen molar-refractivity contribution >= 4 is 0 Å². The van der Waals surface area contributed by atoms with E-state index in [1.807, 2.05) is 24.4 Å². The van der Waals surface area contributed by atoms with E-state index in [9.17, 15) is 0 Å². The maximum Gasteiger partial charge on any atom is 0.213 e. The van der Waals surface area contributed by atoms with Gasteiger partial charge in [0.25, 0.3) is 0 Å². The highest BCUT2D eigenvalue weighted by molar-refractivity contribution is 5.46. The number of aromatic amines is 1. The summed E-state index contributed by atoms with van der Waals surface area (Å²) in [5.74, 6) is 1.59. The molecule has 124 valence electrons. The maximum absolute atomic E-state index is 5.66. The van der Waals surface area contributed by atoms with E-state index in [0.717, 1.165) is 34.7 Å².